The fourth-order valence-corrected chi connectivity index (χ4v) is 6.55. The first kappa shape index (κ1) is 12.6. The Kier molecular flexibility index (Phi) is 2.72. The molecule has 0 unspecified atom stereocenters. The van der Waals surface area contributed by atoms with Crippen LogP contribution in [0.3, 0.4) is 0 Å². The van der Waals surface area contributed by atoms with Gasteiger partial charge in [-0.3, -0.25) is 0 Å². The van der Waals surface area contributed by atoms with Gasteiger partial charge in [-0.25, -0.2) is 4.98 Å². The first-order valence-electron chi connectivity index (χ1n) is 8.36. The van der Waals surface area contributed by atoms with E-state index in [-0.39, 0.29) is 0 Å². The Morgan fingerprint density at radius 1 is 1.14 bits per heavy atom. The first-order valence-corrected chi connectivity index (χ1v) is 9.18. The Morgan fingerprint density at radius 3 is 2.52 bits per heavy atom. The monoisotopic (exact) mass is 298 g/mol. The van der Waals surface area contributed by atoms with Gasteiger partial charge < -0.3 is 5.32 Å². The van der Waals surface area contributed by atoms with Crippen molar-refractivity contribution >= 4 is 21.6 Å². The van der Waals surface area contributed by atoms with Crippen molar-refractivity contribution in [3.8, 4) is 0 Å². The van der Waals surface area contributed by atoms with Crippen LogP contribution in [-0.2, 0) is 6.54 Å². The Bertz CT molecular complexity index is 606. The smallest absolute Gasteiger partial charge is 0.123 e. The van der Waals surface area contributed by atoms with E-state index < -0.39 is 0 Å². The lowest BCUT2D eigenvalue weighted by molar-refractivity contribution is -0.0204. The van der Waals surface area contributed by atoms with Crippen LogP contribution in [0.5, 0.6) is 0 Å². The van der Waals surface area contributed by atoms with E-state index in [4.69, 9.17) is 0 Å². The number of nitrogens with one attached hydrogen (secondary N) is 1. The third kappa shape index (κ3) is 2.13. The van der Waals surface area contributed by atoms with Gasteiger partial charge in [0.2, 0.25) is 0 Å². The second-order valence-corrected chi connectivity index (χ2v) is 8.78. The summed E-state index contributed by atoms with van der Waals surface area (Å²) in [7, 11) is 0. The Morgan fingerprint density at radius 2 is 1.86 bits per heavy atom. The largest absolute Gasteiger partial charge is 0.306 e. The zero-order valence-corrected chi connectivity index (χ0v) is 13.2. The molecule has 0 saturated heterocycles. The molecule has 2 heterocycles. The molecule has 3 heteroatoms. The summed E-state index contributed by atoms with van der Waals surface area (Å²) in [5.74, 6) is 3.06. The van der Waals surface area contributed by atoms with Crippen LogP contribution >= 0.6 is 11.3 Å². The van der Waals surface area contributed by atoms with Gasteiger partial charge in [-0.2, -0.15) is 0 Å². The predicted octanol–water partition coefficient (Wildman–Crippen LogP) is 4.35. The highest BCUT2D eigenvalue weighted by atomic mass is 32.1. The molecule has 2 aromatic heterocycles. The Balaban J connectivity index is 1.35. The molecule has 21 heavy (non-hydrogen) atoms. The lowest BCUT2D eigenvalue weighted by Crippen LogP contribution is -2.58. The molecule has 0 aliphatic heterocycles. The molecule has 2 nitrogen and oxygen atoms in total. The minimum Gasteiger partial charge on any atom is -0.306 e. The van der Waals surface area contributed by atoms with Crippen molar-refractivity contribution in [2.45, 2.75) is 50.6 Å². The first-order chi connectivity index (χ1) is 10.3. The minimum atomic E-state index is 0.471. The molecule has 2 aromatic rings. The molecule has 0 amide bonds. The summed E-state index contributed by atoms with van der Waals surface area (Å²) in [6.45, 7) is 1.03. The topological polar surface area (TPSA) is 24.9 Å². The molecule has 110 valence electrons. The van der Waals surface area contributed by atoms with Crippen LogP contribution in [0.15, 0.2) is 24.4 Å². The zero-order valence-electron chi connectivity index (χ0n) is 12.3. The van der Waals surface area contributed by atoms with Gasteiger partial charge in [0.25, 0.3) is 0 Å². The maximum atomic E-state index is 4.47. The van der Waals surface area contributed by atoms with E-state index in [1.54, 1.807) is 0 Å². The molecule has 0 radical (unpaired) electrons. The number of hydrogen-bond donors (Lipinski definition) is 1. The van der Waals surface area contributed by atoms with Gasteiger partial charge in [-0.15, -0.1) is 11.3 Å². The Labute approximate surface area is 130 Å². The van der Waals surface area contributed by atoms with Crippen molar-refractivity contribution in [2.75, 3.05) is 0 Å². The molecular weight excluding hydrogens is 276 g/mol. The standard InChI is InChI=1S/C18H22N2S/c1-2-15-7-16(21-17(15)19-3-1)11-20-18-8-12-4-13(9-18)6-14(5-12)10-18/h1-3,7,12-14,20H,4-6,8-11H2. The van der Waals surface area contributed by atoms with Crippen LogP contribution in [0.25, 0.3) is 10.2 Å². The number of rotatable bonds is 3. The van der Waals surface area contributed by atoms with Crippen molar-refractivity contribution < 1.29 is 0 Å². The average molecular weight is 298 g/mol. The van der Waals surface area contributed by atoms with Gasteiger partial charge in [0.1, 0.15) is 4.83 Å². The fraction of sp³-hybridized carbons (Fsp3) is 0.611. The second-order valence-electron chi connectivity index (χ2n) is 7.66. The van der Waals surface area contributed by atoms with Crippen LogP contribution in [0, 0.1) is 17.8 Å². The van der Waals surface area contributed by atoms with E-state index in [2.05, 4.69) is 22.4 Å². The van der Waals surface area contributed by atoms with Gasteiger partial charge in [0, 0.05) is 28.5 Å². The average Bonchev–Trinajstić information content (AvgIpc) is 2.87. The lowest BCUT2D eigenvalue weighted by atomic mass is 9.53. The van der Waals surface area contributed by atoms with Crippen LogP contribution in [0.1, 0.15) is 43.4 Å². The van der Waals surface area contributed by atoms with E-state index in [1.807, 2.05) is 23.6 Å². The van der Waals surface area contributed by atoms with Gasteiger partial charge in [0.15, 0.2) is 0 Å². The quantitative estimate of drug-likeness (QED) is 0.911. The zero-order chi connectivity index (χ0) is 13.9. The summed E-state index contributed by atoms with van der Waals surface area (Å²) >= 11 is 1.85. The maximum Gasteiger partial charge on any atom is 0.123 e. The molecular formula is C18H22N2S. The predicted molar refractivity (Wildman–Crippen MR) is 87.4 cm³/mol. The number of hydrogen-bond acceptors (Lipinski definition) is 3. The van der Waals surface area contributed by atoms with E-state index in [0.717, 1.165) is 24.3 Å². The van der Waals surface area contributed by atoms with Crippen LogP contribution < -0.4 is 5.32 Å². The molecule has 0 atom stereocenters. The highest BCUT2D eigenvalue weighted by Crippen LogP contribution is 2.55. The van der Waals surface area contributed by atoms with Gasteiger partial charge in [0.05, 0.1) is 0 Å². The summed E-state index contributed by atoms with van der Waals surface area (Å²) < 4.78 is 0. The summed E-state index contributed by atoms with van der Waals surface area (Å²) in [6, 6.07) is 6.53. The SMILES string of the molecule is c1cnc2sc(CNC34CC5CC(CC(C5)C3)C4)cc2c1. The lowest BCUT2D eigenvalue weighted by Gasteiger charge is -2.57. The molecule has 4 aliphatic rings. The highest BCUT2D eigenvalue weighted by Gasteiger charge is 2.50. The van der Waals surface area contributed by atoms with Crippen molar-refractivity contribution in [3.63, 3.8) is 0 Å². The third-order valence-corrected chi connectivity index (χ3v) is 7.08. The summed E-state index contributed by atoms with van der Waals surface area (Å²) in [5.41, 5.74) is 0.471. The van der Waals surface area contributed by atoms with Gasteiger partial charge in [-0.1, -0.05) is 6.07 Å². The second kappa shape index (κ2) is 4.53. The van der Waals surface area contributed by atoms with E-state index in [9.17, 15) is 0 Å². The maximum absolute atomic E-state index is 4.47. The summed E-state index contributed by atoms with van der Waals surface area (Å²) in [5, 5.41) is 5.28. The van der Waals surface area contributed by atoms with E-state index in [0.29, 0.717) is 5.54 Å². The number of nitrogens with zero attached hydrogens (tertiary/aromatic N) is 1. The van der Waals surface area contributed by atoms with Crippen molar-refractivity contribution in [3.05, 3.63) is 29.3 Å². The summed E-state index contributed by atoms with van der Waals surface area (Å²) in [4.78, 5) is 7.09. The molecule has 0 spiro atoms. The minimum absolute atomic E-state index is 0.471. The van der Waals surface area contributed by atoms with Crippen LogP contribution in [0.4, 0.5) is 0 Å². The van der Waals surface area contributed by atoms with Crippen molar-refractivity contribution in [2.24, 2.45) is 17.8 Å². The number of pyridine rings is 1. The molecule has 1 N–H and O–H groups in total. The van der Waals surface area contributed by atoms with Gasteiger partial charge >= 0.3 is 0 Å². The normalized spacial score (nSPS) is 37.4. The van der Waals surface area contributed by atoms with Gasteiger partial charge in [-0.05, 0) is 68.4 Å². The Hall–Kier alpha value is -0.930. The molecule has 4 aliphatic carbocycles. The number of fused-ring (bicyclic) bond motifs is 1. The number of aromatic nitrogens is 1. The van der Waals surface area contributed by atoms with Crippen LogP contribution in [-0.4, -0.2) is 10.5 Å². The number of thiophene rings is 1. The fourth-order valence-electron chi connectivity index (χ4n) is 5.61. The van der Waals surface area contributed by atoms with Crippen LogP contribution in [0.2, 0.25) is 0 Å². The highest BCUT2D eigenvalue weighted by molar-refractivity contribution is 7.18. The molecule has 4 saturated carbocycles. The van der Waals surface area contributed by atoms with Crippen molar-refractivity contribution in [1.82, 2.24) is 10.3 Å². The molecule has 4 bridgehead atoms. The molecule has 0 aromatic carbocycles. The molecule has 4 fully saturated rings. The van der Waals surface area contributed by atoms with E-state index in [1.165, 1.54) is 53.6 Å². The van der Waals surface area contributed by atoms with Crippen molar-refractivity contribution in [1.29, 1.82) is 0 Å². The third-order valence-electron chi connectivity index (χ3n) is 6.02. The summed E-state index contributed by atoms with van der Waals surface area (Å²) in [6.07, 6.45) is 10.8. The molecule has 6 rings (SSSR count). The van der Waals surface area contributed by atoms with E-state index >= 15 is 0 Å².